The third-order valence-electron chi connectivity index (χ3n) is 3.48. The zero-order chi connectivity index (χ0) is 15.9. The van der Waals surface area contributed by atoms with Crippen LogP contribution in [0, 0.1) is 0 Å². The fourth-order valence-electron chi connectivity index (χ4n) is 2.26. The van der Waals surface area contributed by atoms with Gasteiger partial charge in [0.05, 0.1) is 0 Å². The predicted molar refractivity (Wildman–Crippen MR) is 84.9 cm³/mol. The maximum atomic E-state index is 12.3. The lowest BCUT2D eigenvalue weighted by Crippen LogP contribution is -2.23. The van der Waals surface area contributed by atoms with Gasteiger partial charge in [0.1, 0.15) is 0 Å². The minimum absolute atomic E-state index is 0.0117. The molecule has 0 spiro atoms. The summed E-state index contributed by atoms with van der Waals surface area (Å²) >= 11 is 0. The summed E-state index contributed by atoms with van der Waals surface area (Å²) in [7, 11) is 0. The molecule has 4 heteroatoms. The predicted octanol–water partition coefficient (Wildman–Crippen LogP) is 2.65. The summed E-state index contributed by atoms with van der Waals surface area (Å²) < 4.78 is 0. The van der Waals surface area contributed by atoms with Gasteiger partial charge >= 0.3 is 5.97 Å². The van der Waals surface area contributed by atoms with E-state index in [-0.39, 0.29) is 18.2 Å². The molecule has 0 heterocycles. The van der Waals surface area contributed by atoms with Gasteiger partial charge < -0.3 is 10.8 Å². The van der Waals surface area contributed by atoms with Gasteiger partial charge in [0, 0.05) is 23.6 Å². The highest BCUT2D eigenvalue weighted by Gasteiger charge is 2.10. The Morgan fingerprint density at radius 3 is 2.14 bits per heavy atom. The Morgan fingerprint density at radius 1 is 0.955 bits per heavy atom. The molecule has 114 valence electrons. The maximum Gasteiger partial charge on any atom is 0.303 e. The van der Waals surface area contributed by atoms with Gasteiger partial charge in [-0.2, -0.15) is 0 Å². The quantitative estimate of drug-likeness (QED) is 0.770. The van der Waals surface area contributed by atoms with E-state index in [2.05, 4.69) is 0 Å². The highest BCUT2D eigenvalue weighted by atomic mass is 16.4. The van der Waals surface area contributed by atoms with Gasteiger partial charge in [0.2, 0.25) is 0 Å². The number of ketones is 1. The van der Waals surface area contributed by atoms with Gasteiger partial charge in [-0.1, -0.05) is 54.6 Å². The average Bonchev–Trinajstić information content (AvgIpc) is 2.54. The molecule has 0 amide bonds. The van der Waals surface area contributed by atoms with Gasteiger partial charge in [0.15, 0.2) is 5.78 Å². The van der Waals surface area contributed by atoms with Crippen molar-refractivity contribution >= 4 is 11.8 Å². The van der Waals surface area contributed by atoms with Gasteiger partial charge in [-0.05, 0) is 18.4 Å². The Labute approximate surface area is 129 Å². The van der Waals surface area contributed by atoms with E-state index in [1.807, 2.05) is 30.3 Å². The lowest BCUT2D eigenvalue weighted by molar-refractivity contribution is -0.137. The molecule has 0 saturated carbocycles. The van der Waals surface area contributed by atoms with Crippen LogP contribution in [-0.2, 0) is 11.2 Å². The lowest BCUT2D eigenvalue weighted by Gasteiger charge is -2.10. The van der Waals surface area contributed by atoms with Gasteiger partial charge in [-0.3, -0.25) is 9.59 Å². The summed E-state index contributed by atoms with van der Waals surface area (Å²) in [5.74, 6) is -0.846. The zero-order valence-corrected chi connectivity index (χ0v) is 12.2. The second-order valence-electron chi connectivity index (χ2n) is 5.29. The molecule has 2 aromatic carbocycles. The van der Waals surface area contributed by atoms with Crippen molar-refractivity contribution < 1.29 is 14.7 Å². The van der Waals surface area contributed by atoms with Crippen LogP contribution in [0.1, 0.15) is 34.3 Å². The molecule has 0 aliphatic carbocycles. The Morgan fingerprint density at radius 2 is 1.55 bits per heavy atom. The summed E-state index contributed by atoms with van der Waals surface area (Å²) in [4.78, 5) is 22.8. The third kappa shape index (κ3) is 4.53. The van der Waals surface area contributed by atoms with Crippen LogP contribution in [0.25, 0.3) is 0 Å². The minimum Gasteiger partial charge on any atom is -0.481 e. The number of rotatable bonds is 7. The number of hydrogen-bond acceptors (Lipinski definition) is 3. The molecule has 0 aliphatic heterocycles. The minimum atomic E-state index is -0.834. The van der Waals surface area contributed by atoms with Crippen LogP contribution in [0.15, 0.2) is 54.6 Å². The van der Waals surface area contributed by atoms with E-state index in [4.69, 9.17) is 10.8 Å². The fourth-order valence-corrected chi connectivity index (χ4v) is 2.26. The van der Waals surface area contributed by atoms with Crippen LogP contribution in [0.3, 0.4) is 0 Å². The number of aliphatic carboxylic acids is 1. The van der Waals surface area contributed by atoms with Crippen molar-refractivity contribution in [3.05, 3.63) is 71.3 Å². The average molecular weight is 297 g/mol. The van der Waals surface area contributed by atoms with Crippen molar-refractivity contribution in [1.29, 1.82) is 0 Å². The number of carboxylic acid groups (broad SMARTS) is 1. The van der Waals surface area contributed by atoms with Crippen LogP contribution in [0.5, 0.6) is 0 Å². The number of carboxylic acids is 1. The molecule has 1 atom stereocenters. The molecule has 0 bridgehead atoms. The van der Waals surface area contributed by atoms with Crippen molar-refractivity contribution in [2.24, 2.45) is 5.73 Å². The van der Waals surface area contributed by atoms with Gasteiger partial charge in [-0.15, -0.1) is 0 Å². The number of carbonyl (C=O) groups excluding carboxylic acids is 1. The first-order valence-electron chi connectivity index (χ1n) is 7.22. The van der Waals surface area contributed by atoms with Crippen molar-refractivity contribution in [1.82, 2.24) is 0 Å². The first-order chi connectivity index (χ1) is 10.6. The summed E-state index contributed by atoms with van der Waals surface area (Å²) in [6, 6.07) is 16.3. The molecule has 4 nitrogen and oxygen atoms in total. The van der Waals surface area contributed by atoms with E-state index in [0.717, 1.165) is 5.56 Å². The maximum absolute atomic E-state index is 12.3. The van der Waals surface area contributed by atoms with E-state index in [9.17, 15) is 9.59 Å². The van der Waals surface area contributed by atoms with Gasteiger partial charge in [0.25, 0.3) is 0 Å². The normalized spacial score (nSPS) is 11.9. The zero-order valence-electron chi connectivity index (χ0n) is 12.2. The molecule has 2 rings (SSSR count). The number of hydrogen-bond donors (Lipinski definition) is 2. The monoisotopic (exact) mass is 297 g/mol. The van der Waals surface area contributed by atoms with Crippen molar-refractivity contribution in [2.75, 3.05) is 0 Å². The van der Waals surface area contributed by atoms with E-state index in [1.54, 1.807) is 24.3 Å². The van der Waals surface area contributed by atoms with E-state index >= 15 is 0 Å². The Balaban J connectivity index is 1.98. The van der Waals surface area contributed by atoms with Crippen LogP contribution >= 0.6 is 0 Å². The summed E-state index contributed by atoms with van der Waals surface area (Å²) in [6.45, 7) is 0. The van der Waals surface area contributed by atoms with Crippen molar-refractivity contribution in [3.63, 3.8) is 0 Å². The lowest BCUT2D eigenvalue weighted by atomic mass is 9.98. The molecule has 0 aromatic heterocycles. The van der Waals surface area contributed by atoms with Crippen LogP contribution in [0.4, 0.5) is 0 Å². The SMILES string of the molecule is N[C@H](CCC(=O)O)Cc1ccc(C(=O)c2ccccc2)cc1. The molecule has 0 radical (unpaired) electrons. The van der Waals surface area contributed by atoms with Crippen molar-refractivity contribution in [2.45, 2.75) is 25.3 Å². The molecular weight excluding hydrogens is 278 g/mol. The van der Waals surface area contributed by atoms with E-state index in [1.165, 1.54) is 0 Å². The second kappa shape index (κ2) is 7.52. The Bertz CT molecular complexity index is 635. The second-order valence-corrected chi connectivity index (χ2v) is 5.29. The van der Waals surface area contributed by atoms with Crippen LogP contribution < -0.4 is 5.73 Å². The molecular formula is C18H19NO3. The summed E-state index contributed by atoms with van der Waals surface area (Å²) in [5, 5.41) is 8.64. The highest BCUT2D eigenvalue weighted by Crippen LogP contribution is 2.13. The molecule has 3 N–H and O–H groups in total. The molecule has 0 saturated heterocycles. The van der Waals surface area contributed by atoms with Crippen LogP contribution in [-0.4, -0.2) is 22.9 Å². The standard InChI is InChI=1S/C18H19NO3/c19-16(10-11-17(20)21)12-13-6-8-15(9-7-13)18(22)14-4-2-1-3-5-14/h1-9,16H,10-12,19H2,(H,20,21)/t16-/m1/s1. The van der Waals surface area contributed by atoms with E-state index in [0.29, 0.717) is 24.0 Å². The highest BCUT2D eigenvalue weighted by molar-refractivity contribution is 6.08. The molecule has 0 unspecified atom stereocenters. The first-order valence-corrected chi connectivity index (χ1v) is 7.22. The molecule has 2 aromatic rings. The number of carbonyl (C=O) groups is 2. The Kier molecular flexibility index (Phi) is 5.44. The van der Waals surface area contributed by atoms with Crippen LogP contribution in [0.2, 0.25) is 0 Å². The van der Waals surface area contributed by atoms with Gasteiger partial charge in [-0.25, -0.2) is 0 Å². The fraction of sp³-hybridized carbons (Fsp3) is 0.222. The first kappa shape index (κ1) is 15.9. The number of benzene rings is 2. The molecule has 0 fully saturated rings. The smallest absolute Gasteiger partial charge is 0.303 e. The summed E-state index contributed by atoms with van der Waals surface area (Å²) in [6.07, 6.45) is 1.12. The third-order valence-corrected chi connectivity index (χ3v) is 3.48. The van der Waals surface area contributed by atoms with E-state index < -0.39 is 5.97 Å². The topological polar surface area (TPSA) is 80.4 Å². The molecule has 0 aliphatic rings. The number of nitrogens with two attached hydrogens (primary N) is 1. The van der Waals surface area contributed by atoms with Crippen molar-refractivity contribution in [3.8, 4) is 0 Å². The Hall–Kier alpha value is -2.46. The summed E-state index contributed by atoms with van der Waals surface area (Å²) in [5.41, 5.74) is 8.21. The largest absolute Gasteiger partial charge is 0.481 e. The molecule has 22 heavy (non-hydrogen) atoms.